The minimum atomic E-state index is 0.340. The van der Waals surface area contributed by atoms with Crippen molar-refractivity contribution in [3.8, 4) is 0 Å². The van der Waals surface area contributed by atoms with Gasteiger partial charge >= 0.3 is 0 Å². The Labute approximate surface area is 86.5 Å². The molecule has 1 rings (SSSR count). The first-order chi connectivity index (χ1) is 6.79. The molecule has 0 amide bonds. The first-order valence-corrected chi connectivity index (χ1v) is 5.33. The van der Waals surface area contributed by atoms with Crippen LogP contribution in [0.1, 0.15) is 26.2 Å². The normalized spacial score (nSPS) is 12.4. The Kier molecular flexibility index (Phi) is 5.08. The molecule has 0 aliphatic rings. The molecular formula is C12H20N2. The summed E-state index contributed by atoms with van der Waals surface area (Å²) < 4.78 is 0. The minimum Gasteiger partial charge on any atom is -0.385 e. The molecule has 0 fully saturated rings. The Morgan fingerprint density at radius 2 is 1.93 bits per heavy atom. The van der Waals surface area contributed by atoms with Crippen LogP contribution in [0.25, 0.3) is 0 Å². The van der Waals surface area contributed by atoms with Crippen LogP contribution in [0.5, 0.6) is 0 Å². The summed E-state index contributed by atoms with van der Waals surface area (Å²) in [7, 11) is 0. The molecule has 2 heteroatoms. The van der Waals surface area contributed by atoms with Gasteiger partial charge in [-0.05, 0) is 31.9 Å². The fourth-order valence-electron chi connectivity index (χ4n) is 1.38. The molecule has 0 saturated carbocycles. The highest BCUT2D eigenvalue weighted by Crippen LogP contribution is 2.05. The first-order valence-electron chi connectivity index (χ1n) is 5.33. The van der Waals surface area contributed by atoms with Crippen LogP contribution in [0.4, 0.5) is 5.69 Å². The number of hydrogen-bond donors (Lipinski definition) is 2. The lowest BCUT2D eigenvalue weighted by Gasteiger charge is -2.07. The van der Waals surface area contributed by atoms with Crippen molar-refractivity contribution in [1.82, 2.24) is 0 Å². The van der Waals surface area contributed by atoms with E-state index in [1.807, 2.05) is 18.2 Å². The Balaban J connectivity index is 2.05. The molecule has 0 aliphatic heterocycles. The molecule has 0 aromatic heterocycles. The van der Waals surface area contributed by atoms with Crippen LogP contribution in [-0.4, -0.2) is 12.6 Å². The van der Waals surface area contributed by atoms with Crippen molar-refractivity contribution in [2.24, 2.45) is 5.73 Å². The molecule has 1 aromatic rings. The number of hydrogen-bond acceptors (Lipinski definition) is 2. The molecule has 14 heavy (non-hydrogen) atoms. The van der Waals surface area contributed by atoms with Gasteiger partial charge in [-0.2, -0.15) is 0 Å². The number of para-hydroxylation sites is 1. The second-order valence-electron chi connectivity index (χ2n) is 3.77. The standard InChI is InChI=1S/C12H20N2/c1-11(13)7-5-6-10-14-12-8-3-2-4-9-12/h2-4,8-9,11,14H,5-7,10,13H2,1H3. The smallest absolute Gasteiger partial charge is 0.0340 e. The first kappa shape index (κ1) is 11.1. The summed E-state index contributed by atoms with van der Waals surface area (Å²) in [6, 6.07) is 10.6. The number of rotatable bonds is 6. The Bertz CT molecular complexity index is 231. The van der Waals surface area contributed by atoms with E-state index in [1.165, 1.54) is 18.5 Å². The van der Waals surface area contributed by atoms with Crippen LogP contribution in [0.15, 0.2) is 30.3 Å². The van der Waals surface area contributed by atoms with Crippen LogP contribution in [0.3, 0.4) is 0 Å². The van der Waals surface area contributed by atoms with Crippen LogP contribution in [-0.2, 0) is 0 Å². The molecule has 0 aliphatic carbocycles. The monoisotopic (exact) mass is 192 g/mol. The summed E-state index contributed by atoms with van der Waals surface area (Å²) in [5.74, 6) is 0. The quantitative estimate of drug-likeness (QED) is 0.680. The van der Waals surface area contributed by atoms with Gasteiger partial charge in [0, 0.05) is 18.3 Å². The highest BCUT2D eigenvalue weighted by Gasteiger charge is 1.94. The highest BCUT2D eigenvalue weighted by atomic mass is 14.9. The van der Waals surface area contributed by atoms with Crippen LogP contribution in [0.2, 0.25) is 0 Å². The van der Waals surface area contributed by atoms with Crippen molar-refractivity contribution in [3.05, 3.63) is 30.3 Å². The third-order valence-electron chi connectivity index (χ3n) is 2.19. The zero-order chi connectivity index (χ0) is 10.2. The van der Waals surface area contributed by atoms with Crippen LogP contribution < -0.4 is 11.1 Å². The van der Waals surface area contributed by atoms with E-state index in [0.717, 1.165) is 13.0 Å². The lowest BCUT2D eigenvalue weighted by molar-refractivity contribution is 0.607. The predicted octanol–water partition coefficient (Wildman–Crippen LogP) is 2.62. The topological polar surface area (TPSA) is 38.0 Å². The minimum absolute atomic E-state index is 0.340. The predicted molar refractivity (Wildman–Crippen MR) is 62.4 cm³/mol. The third-order valence-corrected chi connectivity index (χ3v) is 2.19. The van der Waals surface area contributed by atoms with Gasteiger partial charge in [-0.15, -0.1) is 0 Å². The van der Waals surface area contributed by atoms with Crippen molar-refractivity contribution in [3.63, 3.8) is 0 Å². The lowest BCUT2D eigenvalue weighted by atomic mass is 10.1. The van der Waals surface area contributed by atoms with Crippen molar-refractivity contribution >= 4 is 5.69 Å². The Morgan fingerprint density at radius 3 is 2.57 bits per heavy atom. The van der Waals surface area contributed by atoms with Gasteiger partial charge in [-0.1, -0.05) is 24.6 Å². The Hall–Kier alpha value is -1.02. The second kappa shape index (κ2) is 6.44. The number of nitrogens with one attached hydrogen (secondary N) is 1. The number of unbranched alkanes of at least 4 members (excludes halogenated alkanes) is 1. The van der Waals surface area contributed by atoms with E-state index in [9.17, 15) is 0 Å². The molecule has 1 aromatic carbocycles. The molecule has 1 unspecified atom stereocenters. The van der Waals surface area contributed by atoms with E-state index < -0.39 is 0 Å². The average molecular weight is 192 g/mol. The van der Waals surface area contributed by atoms with Crippen molar-refractivity contribution in [2.45, 2.75) is 32.2 Å². The van der Waals surface area contributed by atoms with Gasteiger partial charge in [0.1, 0.15) is 0 Å². The van der Waals surface area contributed by atoms with Gasteiger partial charge in [0.15, 0.2) is 0 Å². The largest absolute Gasteiger partial charge is 0.385 e. The fraction of sp³-hybridized carbons (Fsp3) is 0.500. The van der Waals surface area contributed by atoms with Gasteiger partial charge in [-0.3, -0.25) is 0 Å². The van der Waals surface area contributed by atoms with E-state index in [-0.39, 0.29) is 0 Å². The van der Waals surface area contributed by atoms with Crippen molar-refractivity contribution < 1.29 is 0 Å². The number of nitrogens with two attached hydrogens (primary N) is 1. The molecular weight excluding hydrogens is 172 g/mol. The molecule has 0 spiro atoms. The molecule has 0 bridgehead atoms. The van der Waals surface area contributed by atoms with E-state index in [0.29, 0.717) is 6.04 Å². The maximum Gasteiger partial charge on any atom is 0.0340 e. The SMILES string of the molecule is CC(N)CCCCNc1ccccc1. The average Bonchev–Trinajstić information content (AvgIpc) is 2.18. The Morgan fingerprint density at radius 1 is 1.21 bits per heavy atom. The molecule has 0 saturated heterocycles. The van der Waals surface area contributed by atoms with Crippen molar-refractivity contribution in [1.29, 1.82) is 0 Å². The van der Waals surface area contributed by atoms with Crippen LogP contribution >= 0.6 is 0 Å². The van der Waals surface area contributed by atoms with Gasteiger partial charge < -0.3 is 11.1 Å². The summed E-state index contributed by atoms with van der Waals surface area (Å²) in [4.78, 5) is 0. The lowest BCUT2D eigenvalue weighted by Crippen LogP contribution is -2.14. The van der Waals surface area contributed by atoms with Crippen molar-refractivity contribution in [2.75, 3.05) is 11.9 Å². The van der Waals surface area contributed by atoms with Gasteiger partial charge in [-0.25, -0.2) is 0 Å². The molecule has 78 valence electrons. The van der Waals surface area contributed by atoms with E-state index in [2.05, 4.69) is 24.4 Å². The number of anilines is 1. The summed E-state index contributed by atoms with van der Waals surface area (Å²) >= 11 is 0. The molecule has 0 radical (unpaired) electrons. The zero-order valence-corrected chi connectivity index (χ0v) is 8.87. The summed E-state index contributed by atoms with van der Waals surface area (Å²) in [5.41, 5.74) is 6.87. The maximum atomic E-state index is 5.67. The molecule has 0 heterocycles. The highest BCUT2D eigenvalue weighted by molar-refractivity contribution is 5.42. The summed E-state index contributed by atoms with van der Waals surface area (Å²) in [6.45, 7) is 3.10. The second-order valence-corrected chi connectivity index (χ2v) is 3.77. The van der Waals surface area contributed by atoms with E-state index in [4.69, 9.17) is 5.73 Å². The summed E-state index contributed by atoms with van der Waals surface area (Å²) in [5, 5.41) is 3.38. The number of benzene rings is 1. The van der Waals surface area contributed by atoms with Gasteiger partial charge in [0.2, 0.25) is 0 Å². The van der Waals surface area contributed by atoms with Crippen LogP contribution in [0, 0.1) is 0 Å². The molecule has 3 N–H and O–H groups in total. The molecule has 2 nitrogen and oxygen atoms in total. The van der Waals surface area contributed by atoms with Gasteiger partial charge in [0.25, 0.3) is 0 Å². The zero-order valence-electron chi connectivity index (χ0n) is 8.87. The third kappa shape index (κ3) is 4.87. The van der Waals surface area contributed by atoms with Gasteiger partial charge in [0.05, 0.1) is 0 Å². The fourth-order valence-corrected chi connectivity index (χ4v) is 1.38. The maximum absolute atomic E-state index is 5.67. The van der Waals surface area contributed by atoms with E-state index >= 15 is 0 Å². The van der Waals surface area contributed by atoms with E-state index in [1.54, 1.807) is 0 Å². The molecule has 1 atom stereocenters. The summed E-state index contributed by atoms with van der Waals surface area (Å²) in [6.07, 6.45) is 3.52.